The summed E-state index contributed by atoms with van der Waals surface area (Å²) in [5, 5.41) is 0. The molecule has 4 nitrogen and oxygen atoms in total. The van der Waals surface area contributed by atoms with Crippen LogP contribution in [0.5, 0.6) is 0 Å². The van der Waals surface area contributed by atoms with Gasteiger partial charge in [-0.25, -0.2) is 4.99 Å². The van der Waals surface area contributed by atoms with Crippen LogP contribution in [0, 0.1) is 5.92 Å². The second-order valence-electron chi connectivity index (χ2n) is 3.09. The molecule has 0 bridgehead atoms. The molecule has 76 valence electrons. The molecule has 0 aliphatic carbocycles. The van der Waals surface area contributed by atoms with E-state index in [9.17, 15) is 4.79 Å². The minimum atomic E-state index is -0.349. The Labute approximate surface area is 78.9 Å². The van der Waals surface area contributed by atoms with E-state index >= 15 is 0 Å². The van der Waals surface area contributed by atoms with Crippen molar-refractivity contribution >= 4 is 11.9 Å². The van der Waals surface area contributed by atoms with Gasteiger partial charge in [-0.3, -0.25) is 4.79 Å². The van der Waals surface area contributed by atoms with Crippen molar-refractivity contribution in [1.82, 2.24) is 0 Å². The van der Waals surface area contributed by atoms with Gasteiger partial charge in [-0.1, -0.05) is 13.8 Å². The highest BCUT2D eigenvalue weighted by Crippen LogP contribution is 2.02. The molecule has 0 saturated heterocycles. The van der Waals surface area contributed by atoms with Crippen LogP contribution in [0.2, 0.25) is 0 Å². The Balaban J connectivity index is 3.99. The Hall–Kier alpha value is -1.06. The summed E-state index contributed by atoms with van der Waals surface area (Å²) >= 11 is 0. The van der Waals surface area contributed by atoms with Crippen LogP contribution >= 0.6 is 0 Å². The molecule has 0 aromatic heterocycles. The smallest absolute Gasteiger partial charge is 0.327 e. The zero-order valence-corrected chi connectivity index (χ0v) is 8.66. The van der Waals surface area contributed by atoms with Gasteiger partial charge in [0.15, 0.2) is 5.90 Å². The van der Waals surface area contributed by atoms with Crippen LogP contribution in [0.4, 0.5) is 0 Å². The summed E-state index contributed by atoms with van der Waals surface area (Å²) in [6.07, 6.45) is 0.744. The summed E-state index contributed by atoms with van der Waals surface area (Å²) in [7, 11) is 2.89. The van der Waals surface area contributed by atoms with Gasteiger partial charge in [0.1, 0.15) is 6.54 Å². The van der Waals surface area contributed by atoms with Crippen LogP contribution in [0.25, 0.3) is 0 Å². The summed E-state index contributed by atoms with van der Waals surface area (Å²) < 4.78 is 9.45. The molecule has 0 aromatic carbocycles. The van der Waals surface area contributed by atoms with Crippen molar-refractivity contribution in [2.45, 2.75) is 20.3 Å². The predicted molar refractivity (Wildman–Crippen MR) is 50.8 cm³/mol. The van der Waals surface area contributed by atoms with Gasteiger partial charge in [0.2, 0.25) is 0 Å². The molecule has 0 atom stereocenters. The van der Waals surface area contributed by atoms with E-state index in [4.69, 9.17) is 4.74 Å². The first kappa shape index (κ1) is 11.9. The van der Waals surface area contributed by atoms with E-state index < -0.39 is 0 Å². The van der Waals surface area contributed by atoms with Crippen LogP contribution in [-0.2, 0) is 14.3 Å². The first-order chi connectivity index (χ1) is 6.10. The summed E-state index contributed by atoms with van der Waals surface area (Å²) in [4.78, 5) is 14.7. The minimum absolute atomic E-state index is 0.0341. The Morgan fingerprint density at radius 1 is 1.31 bits per heavy atom. The SMILES string of the molecule is COC(=O)CN=C(CC(C)C)OC. The molecule has 0 aliphatic rings. The highest BCUT2D eigenvalue weighted by atomic mass is 16.5. The number of carbonyl (C=O) groups excluding carboxylic acids is 1. The normalized spacial score (nSPS) is 11.6. The monoisotopic (exact) mass is 187 g/mol. The van der Waals surface area contributed by atoms with E-state index in [1.165, 1.54) is 7.11 Å². The standard InChI is InChI=1S/C9H17NO3/c1-7(2)5-8(12-3)10-6-9(11)13-4/h7H,5-6H2,1-4H3. The van der Waals surface area contributed by atoms with Gasteiger partial charge >= 0.3 is 5.97 Å². The molecular weight excluding hydrogens is 170 g/mol. The first-order valence-electron chi connectivity index (χ1n) is 4.24. The average Bonchev–Trinajstić information content (AvgIpc) is 2.10. The quantitative estimate of drug-likeness (QED) is 0.378. The number of aliphatic imine (C=N–C) groups is 1. The summed E-state index contributed by atoms with van der Waals surface area (Å²) in [5.41, 5.74) is 0. The minimum Gasteiger partial charge on any atom is -0.484 e. The summed E-state index contributed by atoms with van der Waals surface area (Å²) in [6.45, 7) is 4.16. The lowest BCUT2D eigenvalue weighted by atomic mass is 10.1. The topological polar surface area (TPSA) is 47.9 Å². The number of hydrogen-bond acceptors (Lipinski definition) is 4. The second-order valence-corrected chi connectivity index (χ2v) is 3.09. The van der Waals surface area contributed by atoms with Gasteiger partial charge < -0.3 is 9.47 Å². The number of methoxy groups -OCH3 is 2. The fourth-order valence-corrected chi connectivity index (χ4v) is 0.779. The van der Waals surface area contributed by atoms with Crippen LogP contribution < -0.4 is 0 Å². The first-order valence-corrected chi connectivity index (χ1v) is 4.24. The molecule has 0 spiro atoms. The molecule has 0 radical (unpaired) electrons. The lowest BCUT2D eigenvalue weighted by Gasteiger charge is -2.06. The number of ether oxygens (including phenoxy) is 2. The number of hydrogen-bond donors (Lipinski definition) is 0. The molecule has 0 N–H and O–H groups in total. The highest BCUT2D eigenvalue weighted by molar-refractivity contribution is 5.80. The molecular formula is C9H17NO3. The Kier molecular flexibility index (Phi) is 5.93. The van der Waals surface area contributed by atoms with E-state index in [1.807, 2.05) is 0 Å². The molecule has 0 unspecified atom stereocenters. The number of rotatable bonds is 4. The predicted octanol–water partition coefficient (Wildman–Crippen LogP) is 1.25. The van der Waals surface area contributed by atoms with Crippen LogP contribution in [-0.4, -0.2) is 32.6 Å². The maximum atomic E-state index is 10.7. The largest absolute Gasteiger partial charge is 0.484 e. The van der Waals surface area contributed by atoms with E-state index in [1.54, 1.807) is 7.11 Å². The van der Waals surface area contributed by atoms with Crippen molar-refractivity contribution in [2.24, 2.45) is 10.9 Å². The molecule has 13 heavy (non-hydrogen) atoms. The molecule has 0 rings (SSSR count). The Morgan fingerprint density at radius 3 is 2.31 bits per heavy atom. The lowest BCUT2D eigenvalue weighted by Crippen LogP contribution is -2.11. The van der Waals surface area contributed by atoms with Gasteiger partial charge in [-0.2, -0.15) is 0 Å². The zero-order chi connectivity index (χ0) is 10.3. The molecule has 0 saturated carbocycles. The van der Waals surface area contributed by atoms with Gasteiger partial charge in [-0.05, 0) is 5.92 Å². The number of carbonyl (C=O) groups is 1. The lowest BCUT2D eigenvalue weighted by molar-refractivity contribution is -0.138. The van der Waals surface area contributed by atoms with E-state index in [2.05, 4.69) is 23.6 Å². The van der Waals surface area contributed by atoms with Crippen molar-refractivity contribution in [1.29, 1.82) is 0 Å². The third-order valence-electron chi connectivity index (χ3n) is 1.43. The maximum absolute atomic E-state index is 10.7. The third-order valence-corrected chi connectivity index (χ3v) is 1.43. The van der Waals surface area contributed by atoms with Crippen molar-refractivity contribution in [3.63, 3.8) is 0 Å². The third kappa shape index (κ3) is 6.13. The summed E-state index contributed by atoms with van der Waals surface area (Å²) in [5.74, 6) is 0.718. The zero-order valence-electron chi connectivity index (χ0n) is 8.66. The second kappa shape index (κ2) is 6.46. The molecule has 0 heterocycles. The van der Waals surface area contributed by atoms with Gasteiger partial charge in [0.25, 0.3) is 0 Å². The maximum Gasteiger partial charge on any atom is 0.327 e. The average molecular weight is 187 g/mol. The van der Waals surface area contributed by atoms with Crippen molar-refractivity contribution in [2.75, 3.05) is 20.8 Å². The molecule has 0 fully saturated rings. The van der Waals surface area contributed by atoms with Crippen molar-refractivity contribution in [3.05, 3.63) is 0 Å². The van der Waals surface area contributed by atoms with Crippen molar-refractivity contribution in [3.8, 4) is 0 Å². The van der Waals surface area contributed by atoms with Crippen molar-refractivity contribution < 1.29 is 14.3 Å². The summed E-state index contributed by atoms with van der Waals surface area (Å²) in [6, 6.07) is 0. The molecule has 0 aliphatic heterocycles. The Bertz CT molecular complexity index is 187. The Morgan fingerprint density at radius 2 is 1.92 bits per heavy atom. The number of nitrogens with zero attached hydrogens (tertiary/aromatic N) is 1. The fraction of sp³-hybridized carbons (Fsp3) is 0.778. The van der Waals surface area contributed by atoms with Gasteiger partial charge in [0, 0.05) is 6.42 Å². The van der Waals surface area contributed by atoms with E-state index in [-0.39, 0.29) is 12.5 Å². The van der Waals surface area contributed by atoms with Gasteiger partial charge in [-0.15, -0.1) is 0 Å². The number of esters is 1. The molecule has 0 amide bonds. The van der Waals surface area contributed by atoms with Crippen LogP contribution in [0.1, 0.15) is 20.3 Å². The van der Waals surface area contributed by atoms with E-state index in [0.717, 1.165) is 6.42 Å². The fourth-order valence-electron chi connectivity index (χ4n) is 0.779. The van der Waals surface area contributed by atoms with Crippen LogP contribution in [0.3, 0.4) is 0 Å². The van der Waals surface area contributed by atoms with Gasteiger partial charge in [0.05, 0.1) is 14.2 Å². The molecule has 0 aromatic rings. The van der Waals surface area contributed by atoms with E-state index in [0.29, 0.717) is 11.8 Å². The highest BCUT2D eigenvalue weighted by Gasteiger charge is 2.04. The molecule has 4 heteroatoms. The van der Waals surface area contributed by atoms with Crippen LogP contribution in [0.15, 0.2) is 4.99 Å².